The molecule has 1 aliphatic heterocycles. The molecule has 0 aliphatic carbocycles. The Balaban J connectivity index is 1.50. The lowest BCUT2D eigenvalue weighted by Gasteiger charge is -2.31. The summed E-state index contributed by atoms with van der Waals surface area (Å²) in [5.74, 6) is 2.99. The highest BCUT2D eigenvalue weighted by Gasteiger charge is 2.24. The average Bonchev–Trinajstić information content (AvgIpc) is 3.11. The van der Waals surface area contributed by atoms with Crippen molar-refractivity contribution in [3.8, 4) is 11.5 Å². The van der Waals surface area contributed by atoms with Crippen LogP contribution in [0.5, 0.6) is 11.5 Å². The highest BCUT2D eigenvalue weighted by atomic mass is 35.5. The molecule has 1 aromatic carbocycles. The number of rotatable bonds is 5. The van der Waals surface area contributed by atoms with E-state index in [2.05, 4.69) is 32.0 Å². The van der Waals surface area contributed by atoms with E-state index in [1.54, 1.807) is 20.3 Å². The fourth-order valence-corrected chi connectivity index (χ4v) is 3.86. The molecule has 0 amide bonds. The van der Waals surface area contributed by atoms with E-state index in [0.29, 0.717) is 16.7 Å². The summed E-state index contributed by atoms with van der Waals surface area (Å²) in [6, 6.07) is 9.76. The van der Waals surface area contributed by atoms with Gasteiger partial charge >= 0.3 is 0 Å². The maximum absolute atomic E-state index is 5.98. The Morgan fingerprint density at radius 2 is 1.93 bits per heavy atom. The predicted molar refractivity (Wildman–Crippen MR) is 106 cm³/mol. The molecule has 1 N–H and O–H groups in total. The summed E-state index contributed by atoms with van der Waals surface area (Å²) in [5.41, 5.74) is 2.81. The lowest BCUT2D eigenvalue weighted by atomic mass is 9.97. The minimum atomic E-state index is 0.360. The molecule has 142 valence electrons. The van der Waals surface area contributed by atoms with Gasteiger partial charge in [-0.25, -0.2) is 9.97 Å². The number of hydrogen-bond acceptors (Lipinski definition) is 5. The predicted octanol–water partition coefficient (Wildman–Crippen LogP) is 4.01. The number of H-pyrrole nitrogens is 1. The molecule has 4 rings (SSSR count). The minimum Gasteiger partial charge on any atom is -0.497 e. The highest BCUT2D eigenvalue weighted by molar-refractivity contribution is 6.29. The molecule has 6 nitrogen and oxygen atoms in total. The number of pyridine rings is 1. The Kier molecular flexibility index (Phi) is 5.18. The van der Waals surface area contributed by atoms with Gasteiger partial charge in [0.15, 0.2) is 5.65 Å². The van der Waals surface area contributed by atoms with Gasteiger partial charge in [-0.1, -0.05) is 11.6 Å². The summed E-state index contributed by atoms with van der Waals surface area (Å²) in [6.45, 7) is 2.88. The number of fused-ring (bicyclic) bond motifs is 1. The van der Waals surface area contributed by atoms with E-state index >= 15 is 0 Å². The zero-order chi connectivity index (χ0) is 18.8. The van der Waals surface area contributed by atoms with Crippen LogP contribution >= 0.6 is 11.6 Å². The van der Waals surface area contributed by atoms with Gasteiger partial charge in [-0.05, 0) is 49.2 Å². The Hall–Kier alpha value is -2.31. The molecule has 1 fully saturated rings. The van der Waals surface area contributed by atoms with Gasteiger partial charge in [-0.3, -0.25) is 4.90 Å². The molecule has 1 saturated heterocycles. The Morgan fingerprint density at radius 1 is 1.15 bits per heavy atom. The van der Waals surface area contributed by atoms with Crippen LogP contribution in [0.4, 0.5) is 0 Å². The van der Waals surface area contributed by atoms with Crippen molar-refractivity contribution in [2.45, 2.75) is 25.3 Å². The maximum Gasteiger partial charge on any atom is 0.179 e. The number of nitrogens with zero attached hydrogens (tertiary/aromatic N) is 3. The first-order valence-corrected chi connectivity index (χ1v) is 9.49. The number of halogens is 1. The Bertz CT molecular complexity index is 921. The van der Waals surface area contributed by atoms with Crippen molar-refractivity contribution in [2.75, 3.05) is 27.3 Å². The van der Waals surface area contributed by atoms with E-state index in [1.807, 2.05) is 12.1 Å². The molecule has 27 heavy (non-hydrogen) atoms. The molecule has 1 atom stereocenters. The molecule has 2 aromatic heterocycles. The first-order valence-electron chi connectivity index (χ1n) is 9.11. The first kappa shape index (κ1) is 18.1. The van der Waals surface area contributed by atoms with Gasteiger partial charge in [0, 0.05) is 25.1 Å². The van der Waals surface area contributed by atoms with Crippen LogP contribution < -0.4 is 9.47 Å². The topological polar surface area (TPSA) is 63.3 Å². The highest BCUT2D eigenvalue weighted by Crippen LogP contribution is 2.29. The zero-order valence-electron chi connectivity index (χ0n) is 15.5. The third kappa shape index (κ3) is 4.01. The zero-order valence-corrected chi connectivity index (χ0v) is 16.3. The van der Waals surface area contributed by atoms with Gasteiger partial charge in [0.2, 0.25) is 0 Å². The van der Waals surface area contributed by atoms with Crippen molar-refractivity contribution in [1.29, 1.82) is 0 Å². The van der Waals surface area contributed by atoms with E-state index in [9.17, 15) is 0 Å². The van der Waals surface area contributed by atoms with Gasteiger partial charge in [-0.15, -0.1) is 0 Å². The van der Waals surface area contributed by atoms with Gasteiger partial charge in [0.1, 0.15) is 22.5 Å². The number of methoxy groups -OCH3 is 2. The van der Waals surface area contributed by atoms with Crippen LogP contribution in [-0.4, -0.2) is 47.2 Å². The first-order chi connectivity index (χ1) is 13.1. The van der Waals surface area contributed by atoms with E-state index in [-0.39, 0.29) is 0 Å². The van der Waals surface area contributed by atoms with E-state index in [4.69, 9.17) is 21.1 Å². The molecule has 1 unspecified atom stereocenters. The number of piperidine rings is 1. The molecule has 0 saturated carbocycles. The van der Waals surface area contributed by atoms with Gasteiger partial charge in [0.05, 0.1) is 19.7 Å². The van der Waals surface area contributed by atoms with Crippen molar-refractivity contribution in [1.82, 2.24) is 19.9 Å². The van der Waals surface area contributed by atoms with E-state index in [0.717, 1.165) is 55.3 Å². The van der Waals surface area contributed by atoms with Crippen LogP contribution in [0.25, 0.3) is 11.2 Å². The Morgan fingerprint density at radius 3 is 2.67 bits per heavy atom. The van der Waals surface area contributed by atoms with E-state index < -0.39 is 0 Å². The summed E-state index contributed by atoms with van der Waals surface area (Å²) in [6.07, 6.45) is 2.25. The van der Waals surface area contributed by atoms with Gasteiger partial charge in [-0.2, -0.15) is 0 Å². The molecular formula is C20H23ClN4O2. The monoisotopic (exact) mass is 386 g/mol. The lowest BCUT2D eigenvalue weighted by molar-refractivity contribution is 0.196. The van der Waals surface area contributed by atoms with Gasteiger partial charge < -0.3 is 14.5 Å². The molecule has 0 radical (unpaired) electrons. The van der Waals surface area contributed by atoms with Crippen molar-refractivity contribution in [3.05, 3.63) is 46.9 Å². The summed E-state index contributed by atoms with van der Waals surface area (Å²) in [7, 11) is 3.36. The maximum atomic E-state index is 5.98. The van der Waals surface area contributed by atoms with Crippen LogP contribution in [0.3, 0.4) is 0 Å². The molecule has 1 aliphatic rings. The van der Waals surface area contributed by atoms with Crippen molar-refractivity contribution in [2.24, 2.45) is 0 Å². The lowest BCUT2D eigenvalue weighted by Crippen LogP contribution is -2.34. The SMILES string of the molecule is COc1cc(CN2CCCC(c3nc4nc(Cl)ccc4[nH]3)C2)cc(OC)c1. The van der Waals surface area contributed by atoms with Gasteiger partial charge in [0.25, 0.3) is 0 Å². The third-order valence-electron chi connectivity index (χ3n) is 5.04. The number of nitrogens with one attached hydrogen (secondary N) is 1. The molecule has 7 heteroatoms. The standard InChI is InChI=1S/C20H23ClN4O2/c1-26-15-8-13(9-16(10-15)27-2)11-25-7-3-4-14(12-25)19-22-17-5-6-18(21)23-20(17)24-19/h5-6,8-10,14H,3-4,7,11-12H2,1-2H3,(H,22,23,24). The summed E-state index contributed by atoms with van der Waals surface area (Å²) >= 11 is 5.98. The molecule has 0 spiro atoms. The fourth-order valence-electron chi connectivity index (χ4n) is 3.72. The van der Waals surface area contributed by atoms with E-state index in [1.165, 1.54) is 5.56 Å². The fraction of sp³-hybridized carbons (Fsp3) is 0.400. The number of hydrogen-bond donors (Lipinski definition) is 1. The smallest absolute Gasteiger partial charge is 0.179 e. The second-order valence-corrected chi connectivity index (χ2v) is 7.31. The van der Waals surface area contributed by atoms with Crippen molar-refractivity contribution < 1.29 is 9.47 Å². The van der Waals surface area contributed by atoms with Crippen molar-refractivity contribution in [3.63, 3.8) is 0 Å². The quantitative estimate of drug-likeness (QED) is 0.671. The average molecular weight is 387 g/mol. The Labute approximate surface area is 163 Å². The third-order valence-corrected chi connectivity index (χ3v) is 5.25. The molecular weight excluding hydrogens is 364 g/mol. The number of likely N-dealkylation sites (tertiary alicyclic amines) is 1. The number of aromatic nitrogens is 3. The number of imidazole rings is 1. The minimum absolute atomic E-state index is 0.360. The molecule has 3 aromatic rings. The summed E-state index contributed by atoms with van der Waals surface area (Å²) in [5, 5.41) is 0.470. The van der Waals surface area contributed by atoms with Crippen LogP contribution in [0, 0.1) is 0 Å². The largest absolute Gasteiger partial charge is 0.497 e. The normalized spacial score (nSPS) is 18.0. The van der Waals surface area contributed by atoms with Crippen LogP contribution in [0.2, 0.25) is 5.15 Å². The number of benzene rings is 1. The second kappa shape index (κ2) is 7.74. The number of ether oxygens (including phenoxy) is 2. The number of aromatic amines is 1. The molecule has 0 bridgehead atoms. The summed E-state index contributed by atoms with van der Waals surface area (Å²) < 4.78 is 10.8. The molecule has 3 heterocycles. The van der Waals surface area contributed by atoms with Crippen LogP contribution in [0.15, 0.2) is 30.3 Å². The van der Waals surface area contributed by atoms with Crippen LogP contribution in [0.1, 0.15) is 30.1 Å². The summed E-state index contributed by atoms with van der Waals surface area (Å²) in [4.78, 5) is 14.8. The van der Waals surface area contributed by atoms with Crippen LogP contribution in [-0.2, 0) is 6.54 Å². The second-order valence-electron chi connectivity index (χ2n) is 6.92. The van der Waals surface area contributed by atoms with Crippen molar-refractivity contribution >= 4 is 22.8 Å².